The van der Waals surface area contributed by atoms with Crippen LogP contribution in [0.4, 0.5) is 18.9 Å². The van der Waals surface area contributed by atoms with Gasteiger partial charge in [0.1, 0.15) is 11.0 Å². The number of hydrazine groups is 1. The fourth-order valence-electron chi connectivity index (χ4n) is 2.84. The molecule has 8 nitrogen and oxygen atoms in total. The Morgan fingerprint density at radius 3 is 2.60 bits per heavy atom. The van der Waals surface area contributed by atoms with E-state index in [9.17, 15) is 22.5 Å². The molecule has 1 heterocycles. The van der Waals surface area contributed by atoms with E-state index in [1.165, 1.54) is 6.07 Å². The van der Waals surface area contributed by atoms with Crippen LogP contribution in [0.25, 0.3) is 0 Å². The molecule has 8 N–H and O–H groups in total. The van der Waals surface area contributed by atoms with Gasteiger partial charge in [0.15, 0.2) is 5.84 Å². The van der Waals surface area contributed by atoms with E-state index in [1.54, 1.807) is 4.90 Å². The fraction of sp³-hybridized carbons (Fsp3) is 0.462. The van der Waals surface area contributed by atoms with Gasteiger partial charge in [0.2, 0.25) is 0 Å². The minimum atomic E-state index is -4.78. The molecule has 140 valence electrons. The Hall–Kier alpha value is -1.89. The van der Waals surface area contributed by atoms with Crippen molar-refractivity contribution in [3.8, 4) is 0 Å². The molecule has 1 fully saturated rings. The summed E-state index contributed by atoms with van der Waals surface area (Å²) in [5.74, 6) is 10.2. The first-order valence-electron chi connectivity index (χ1n) is 7.29. The molecule has 0 spiro atoms. The maximum Gasteiger partial charge on any atom is 0.417 e. The third-order valence-electron chi connectivity index (χ3n) is 3.88. The van der Waals surface area contributed by atoms with Gasteiger partial charge < -0.3 is 21.3 Å². The standard InChI is InChI=1S/C13H19F3N6O2S/c14-13(15,16)8-3-4-9(22-5-1-2-7(23)6-22)10(11(8)25(19)24)12(20-17)21-18/h3-4,7,23H,1-2,5-6,17-19H2,(H,20,21). The Bertz CT molecular complexity index is 697. The summed E-state index contributed by atoms with van der Waals surface area (Å²) in [6, 6.07) is 2.00. The van der Waals surface area contributed by atoms with Crippen molar-refractivity contribution < 1.29 is 22.5 Å². The number of hydrogen-bond acceptors (Lipinski definition) is 6. The molecule has 1 aromatic carbocycles. The van der Waals surface area contributed by atoms with Gasteiger partial charge in [0, 0.05) is 18.8 Å². The number of piperidine rings is 1. The second-order valence-electron chi connectivity index (χ2n) is 5.50. The van der Waals surface area contributed by atoms with Crippen molar-refractivity contribution in [3.63, 3.8) is 0 Å². The normalized spacial score (nSPS) is 20.5. The van der Waals surface area contributed by atoms with E-state index in [0.717, 1.165) is 6.07 Å². The highest BCUT2D eigenvalue weighted by molar-refractivity contribution is 7.82. The number of nitrogens with two attached hydrogens (primary N) is 3. The highest BCUT2D eigenvalue weighted by Gasteiger charge is 2.38. The minimum absolute atomic E-state index is 0.192. The second kappa shape index (κ2) is 7.56. The minimum Gasteiger partial charge on any atom is -0.391 e. The smallest absolute Gasteiger partial charge is 0.391 e. The molecule has 1 aliphatic rings. The zero-order valence-corrected chi connectivity index (χ0v) is 13.9. The molecule has 0 radical (unpaired) electrons. The van der Waals surface area contributed by atoms with Crippen LogP contribution in [-0.4, -0.2) is 34.3 Å². The number of amidine groups is 1. The van der Waals surface area contributed by atoms with E-state index in [4.69, 9.17) is 16.8 Å². The lowest BCUT2D eigenvalue weighted by Gasteiger charge is -2.34. The molecule has 0 bridgehead atoms. The molecule has 1 aliphatic heterocycles. The summed E-state index contributed by atoms with van der Waals surface area (Å²) in [5.41, 5.74) is 0.999. The van der Waals surface area contributed by atoms with Crippen molar-refractivity contribution in [2.24, 2.45) is 21.9 Å². The summed E-state index contributed by atoms with van der Waals surface area (Å²) in [6.07, 6.45) is -4.21. The second-order valence-corrected chi connectivity index (χ2v) is 6.50. The van der Waals surface area contributed by atoms with Gasteiger partial charge in [-0.05, 0) is 25.0 Å². The zero-order valence-electron chi connectivity index (χ0n) is 13.1. The van der Waals surface area contributed by atoms with Crippen LogP contribution in [0.1, 0.15) is 24.0 Å². The SMILES string of the molecule is N/N=C(\NN)c1c(N2CCCC(O)C2)ccc(C(F)(F)F)c1S(N)=O. The number of anilines is 1. The number of aliphatic hydroxyl groups excluding tert-OH is 1. The molecule has 1 saturated heterocycles. The topological polar surface area (TPSA) is 143 Å². The van der Waals surface area contributed by atoms with Crippen molar-refractivity contribution >= 4 is 22.5 Å². The molecule has 25 heavy (non-hydrogen) atoms. The number of hydrogen-bond donors (Lipinski definition) is 5. The molecule has 2 atom stereocenters. The van der Waals surface area contributed by atoms with Crippen LogP contribution in [0.3, 0.4) is 0 Å². The lowest BCUT2D eigenvalue weighted by Crippen LogP contribution is -2.41. The first-order chi connectivity index (χ1) is 11.7. The van der Waals surface area contributed by atoms with Crippen molar-refractivity contribution in [2.75, 3.05) is 18.0 Å². The largest absolute Gasteiger partial charge is 0.417 e. The molecule has 0 aliphatic carbocycles. The van der Waals surface area contributed by atoms with Crippen LogP contribution in [0.2, 0.25) is 0 Å². The molecule has 12 heteroatoms. The molecule has 1 aromatic rings. The van der Waals surface area contributed by atoms with E-state index < -0.39 is 33.7 Å². The van der Waals surface area contributed by atoms with E-state index in [-0.39, 0.29) is 23.6 Å². The summed E-state index contributed by atoms with van der Waals surface area (Å²) in [6.45, 7) is 0.673. The fourth-order valence-corrected chi connectivity index (χ4v) is 3.65. The predicted molar refractivity (Wildman–Crippen MR) is 87.5 cm³/mol. The maximum atomic E-state index is 13.3. The lowest BCUT2D eigenvalue weighted by atomic mass is 10.0. The third kappa shape index (κ3) is 4.03. The molecular weight excluding hydrogens is 361 g/mol. The van der Waals surface area contributed by atoms with Crippen LogP contribution in [0.5, 0.6) is 0 Å². The Kier molecular flexibility index (Phi) is 5.87. The number of alkyl halides is 3. The van der Waals surface area contributed by atoms with Crippen molar-refractivity contribution in [1.82, 2.24) is 5.43 Å². The van der Waals surface area contributed by atoms with Crippen LogP contribution in [0.15, 0.2) is 22.1 Å². The molecule has 2 rings (SSSR count). The van der Waals surface area contributed by atoms with Crippen LogP contribution in [-0.2, 0) is 17.2 Å². The number of benzene rings is 1. The van der Waals surface area contributed by atoms with Crippen LogP contribution >= 0.6 is 0 Å². The third-order valence-corrected chi connectivity index (χ3v) is 4.71. The highest BCUT2D eigenvalue weighted by Crippen LogP contribution is 2.39. The van der Waals surface area contributed by atoms with Gasteiger partial charge >= 0.3 is 6.18 Å². The Labute approximate surface area is 144 Å². The van der Waals surface area contributed by atoms with Gasteiger partial charge in [-0.1, -0.05) is 0 Å². The Morgan fingerprint density at radius 2 is 2.12 bits per heavy atom. The number of hydrazone groups is 1. The van der Waals surface area contributed by atoms with Crippen molar-refractivity contribution in [2.45, 2.75) is 30.0 Å². The van der Waals surface area contributed by atoms with Gasteiger partial charge in [-0.2, -0.15) is 18.3 Å². The summed E-state index contributed by atoms with van der Waals surface area (Å²) in [5, 5.41) is 18.5. The van der Waals surface area contributed by atoms with E-state index in [0.29, 0.717) is 19.4 Å². The Morgan fingerprint density at radius 1 is 1.44 bits per heavy atom. The summed E-state index contributed by atoms with van der Waals surface area (Å²) in [4.78, 5) is 0.981. The molecule has 2 unspecified atom stereocenters. The average molecular weight is 380 g/mol. The summed E-state index contributed by atoms with van der Waals surface area (Å²) in [7, 11) is -2.49. The lowest BCUT2D eigenvalue weighted by molar-refractivity contribution is -0.139. The summed E-state index contributed by atoms with van der Waals surface area (Å²) >= 11 is 0. The van der Waals surface area contributed by atoms with Gasteiger partial charge in [-0.25, -0.2) is 15.2 Å². The number of β-amino-alcohol motifs (C(OH)–C–C–N with tert-alkyl or cyclic N) is 1. The van der Waals surface area contributed by atoms with Crippen LogP contribution < -0.4 is 27.2 Å². The first kappa shape index (κ1) is 19.4. The molecule has 0 amide bonds. The van der Waals surface area contributed by atoms with Crippen molar-refractivity contribution in [1.29, 1.82) is 0 Å². The van der Waals surface area contributed by atoms with Gasteiger partial charge in [-0.15, -0.1) is 0 Å². The highest BCUT2D eigenvalue weighted by atomic mass is 32.2. The molecule has 0 aromatic heterocycles. The summed E-state index contributed by atoms with van der Waals surface area (Å²) < 4.78 is 51.9. The van der Waals surface area contributed by atoms with Crippen LogP contribution in [0, 0.1) is 0 Å². The average Bonchev–Trinajstić information content (AvgIpc) is 2.54. The van der Waals surface area contributed by atoms with Gasteiger partial charge in [-0.3, -0.25) is 0 Å². The number of nitrogens with one attached hydrogen (secondary N) is 1. The Balaban J connectivity index is 2.76. The molecular formula is C13H19F3N6O2S. The molecule has 0 saturated carbocycles. The number of halogens is 3. The first-order valence-corrected chi connectivity index (χ1v) is 8.50. The maximum absolute atomic E-state index is 13.3. The number of aliphatic hydroxyl groups is 1. The van der Waals surface area contributed by atoms with Crippen molar-refractivity contribution in [3.05, 3.63) is 23.3 Å². The van der Waals surface area contributed by atoms with Gasteiger partial charge in [0.05, 0.1) is 22.1 Å². The quantitative estimate of drug-likeness (QED) is 0.211. The zero-order chi connectivity index (χ0) is 18.8. The van der Waals surface area contributed by atoms with E-state index >= 15 is 0 Å². The monoisotopic (exact) mass is 380 g/mol. The van der Waals surface area contributed by atoms with E-state index in [2.05, 4.69) is 10.5 Å². The predicted octanol–water partition coefficient (Wildman–Crippen LogP) is -0.269. The number of rotatable bonds is 3. The van der Waals surface area contributed by atoms with E-state index in [1.807, 2.05) is 0 Å². The number of nitrogens with zero attached hydrogens (tertiary/aromatic N) is 2. The van der Waals surface area contributed by atoms with Gasteiger partial charge in [0.25, 0.3) is 0 Å².